The molecule has 1 aromatic carbocycles. The first-order valence-corrected chi connectivity index (χ1v) is 4.07. The van der Waals surface area contributed by atoms with E-state index in [2.05, 4.69) is 50.7 Å². The minimum atomic E-state index is 0. The second-order valence-corrected chi connectivity index (χ2v) is 3.60. The van der Waals surface area contributed by atoms with Gasteiger partial charge in [-0.3, -0.25) is 0 Å². The van der Waals surface area contributed by atoms with E-state index in [1.165, 1.54) is 3.57 Å². The van der Waals surface area contributed by atoms with Crippen molar-refractivity contribution < 1.29 is 0 Å². The Morgan fingerprint density at radius 1 is 1.11 bits per heavy atom. The molecule has 3 heteroatoms. The van der Waals surface area contributed by atoms with Crippen molar-refractivity contribution in [3.63, 3.8) is 0 Å². The van der Waals surface area contributed by atoms with Crippen molar-refractivity contribution >= 4 is 68.1 Å². The Morgan fingerprint density at radius 2 is 1.56 bits per heavy atom. The predicted octanol–water partition coefficient (Wildman–Crippen LogP) is 2.41. The molecule has 0 bridgehead atoms. The van der Waals surface area contributed by atoms with E-state index in [0.717, 1.165) is 4.47 Å². The van der Waals surface area contributed by atoms with E-state index in [9.17, 15) is 0 Å². The Labute approximate surface area is 99.0 Å². The van der Waals surface area contributed by atoms with Crippen LogP contribution in [0.2, 0.25) is 0 Å². The van der Waals surface area contributed by atoms with Gasteiger partial charge in [-0.15, -0.1) is 0 Å². The summed E-state index contributed by atoms with van der Waals surface area (Å²) >= 11 is 5.62. The van der Waals surface area contributed by atoms with Gasteiger partial charge in [0.15, 0.2) is 0 Å². The summed E-state index contributed by atoms with van der Waals surface area (Å²) in [7, 11) is 0. The van der Waals surface area contributed by atoms with Crippen LogP contribution in [0.3, 0.4) is 0 Å². The van der Waals surface area contributed by atoms with Gasteiger partial charge in [-0.05, 0) is 46.9 Å². The first-order chi connectivity index (χ1) is 3.79. The normalized spacial score (nSPS) is 8.22. The first-order valence-electron chi connectivity index (χ1n) is 2.20. The van der Waals surface area contributed by atoms with Crippen LogP contribution in [0, 0.1) is 3.57 Å². The zero-order valence-electron chi connectivity index (χ0n) is 4.07. The van der Waals surface area contributed by atoms with Crippen LogP contribution in [-0.2, 0) is 0 Å². The average molecular weight is 307 g/mol. The fraction of sp³-hybridized carbons (Fsp3) is 0. The summed E-state index contributed by atoms with van der Waals surface area (Å²) in [6, 6.07) is 8.18. The third-order valence-electron chi connectivity index (χ3n) is 0.804. The molecule has 0 N–H and O–H groups in total. The third-order valence-corrected chi connectivity index (χ3v) is 2.05. The maximum atomic E-state index is 3.34. The summed E-state index contributed by atoms with van der Waals surface area (Å²) in [6.45, 7) is 0. The van der Waals surface area contributed by atoms with E-state index in [-0.39, 0.29) is 29.6 Å². The molecule has 9 heavy (non-hydrogen) atoms. The summed E-state index contributed by atoms with van der Waals surface area (Å²) in [4.78, 5) is 0. The van der Waals surface area contributed by atoms with Gasteiger partial charge in [0.2, 0.25) is 0 Å². The second kappa shape index (κ2) is 5.13. The van der Waals surface area contributed by atoms with Crippen LogP contribution in [0.15, 0.2) is 28.7 Å². The molecule has 0 saturated heterocycles. The molecule has 0 aromatic heterocycles. The molecule has 0 radical (unpaired) electrons. The molecule has 0 nitrogen and oxygen atoms in total. The van der Waals surface area contributed by atoms with E-state index < -0.39 is 0 Å². The van der Waals surface area contributed by atoms with E-state index >= 15 is 0 Å². The fourth-order valence-electron chi connectivity index (χ4n) is 0.430. The molecule has 0 heterocycles. The molecule has 1 aromatic rings. The van der Waals surface area contributed by atoms with Crippen LogP contribution in [-0.4, -0.2) is 29.6 Å². The molecule has 0 fully saturated rings. The van der Waals surface area contributed by atoms with Crippen molar-refractivity contribution in [1.29, 1.82) is 0 Å². The molecule has 44 valence electrons. The van der Waals surface area contributed by atoms with Crippen molar-refractivity contribution in [2.45, 2.75) is 0 Å². The van der Waals surface area contributed by atoms with Gasteiger partial charge in [-0.1, -0.05) is 15.9 Å². The first kappa shape index (κ1) is 10.4. The second-order valence-electron chi connectivity index (χ2n) is 1.44. The molecular formula is C6H5BrINa. The number of rotatable bonds is 0. The SMILES string of the molecule is Brc1ccc(I)cc1.[NaH]. The van der Waals surface area contributed by atoms with Gasteiger partial charge in [0, 0.05) is 8.04 Å². The Hall–Kier alpha value is 1.43. The molecule has 0 aliphatic carbocycles. The van der Waals surface area contributed by atoms with E-state index in [0.29, 0.717) is 0 Å². The quantitative estimate of drug-likeness (QED) is 0.510. The van der Waals surface area contributed by atoms with Crippen molar-refractivity contribution in [3.05, 3.63) is 32.3 Å². The standard InChI is InChI=1S/C6H4BrI.Na.H/c7-5-1-3-6(8)4-2-5;;/h1-4H;;. The summed E-state index contributed by atoms with van der Waals surface area (Å²) in [5.41, 5.74) is 0. The van der Waals surface area contributed by atoms with Gasteiger partial charge >= 0.3 is 29.6 Å². The molecule has 0 saturated carbocycles. The summed E-state index contributed by atoms with van der Waals surface area (Å²) < 4.78 is 2.41. The maximum absolute atomic E-state index is 3.34. The van der Waals surface area contributed by atoms with Crippen LogP contribution >= 0.6 is 38.5 Å². The van der Waals surface area contributed by atoms with Crippen LogP contribution in [0.25, 0.3) is 0 Å². The summed E-state index contributed by atoms with van der Waals surface area (Å²) in [5, 5.41) is 0. The van der Waals surface area contributed by atoms with E-state index in [1.807, 2.05) is 12.1 Å². The van der Waals surface area contributed by atoms with Gasteiger partial charge in [0.05, 0.1) is 0 Å². The molecular weight excluding hydrogens is 302 g/mol. The van der Waals surface area contributed by atoms with E-state index in [1.54, 1.807) is 0 Å². The topological polar surface area (TPSA) is 0 Å². The Balaban J connectivity index is 0.000000640. The van der Waals surface area contributed by atoms with Crippen LogP contribution in [0.1, 0.15) is 0 Å². The predicted molar refractivity (Wildman–Crippen MR) is 54.0 cm³/mol. The molecule has 0 aliphatic heterocycles. The molecule has 0 atom stereocenters. The van der Waals surface area contributed by atoms with Gasteiger partial charge in [0.25, 0.3) is 0 Å². The zero-order chi connectivity index (χ0) is 5.98. The average Bonchev–Trinajstić information content (AvgIpc) is 1.77. The number of benzene rings is 1. The number of hydrogen-bond donors (Lipinski definition) is 0. The van der Waals surface area contributed by atoms with Crippen molar-refractivity contribution in [2.75, 3.05) is 0 Å². The molecule has 0 amide bonds. The monoisotopic (exact) mass is 306 g/mol. The van der Waals surface area contributed by atoms with Crippen molar-refractivity contribution in [2.24, 2.45) is 0 Å². The Kier molecular flexibility index (Phi) is 5.94. The summed E-state index contributed by atoms with van der Waals surface area (Å²) in [5.74, 6) is 0. The molecule has 0 unspecified atom stereocenters. The van der Waals surface area contributed by atoms with Gasteiger partial charge in [-0.25, -0.2) is 0 Å². The summed E-state index contributed by atoms with van der Waals surface area (Å²) in [6.07, 6.45) is 0. The van der Waals surface area contributed by atoms with Gasteiger partial charge in [-0.2, -0.15) is 0 Å². The third kappa shape index (κ3) is 3.98. The van der Waals surface area contributed by atoms with Crippen LogP contribution < -0.4 is 0 Å². The molecule has 1 rings (SSSR count). The minimum absolute atomic E-state index is 0. The Morgan fingerprint density at radius 3 is 1.89 bits per heavy atom. The van der Waals surface area contributed by atoms with Crippen LogP contribution in [0.5, 0.6) is 0 Å². The molecule has 0 spiro atoms. The molecule has 0 aliphatic rings. The number of hydrogen-bond acceptors (Lipinski definition) is 0. The zero-order valence-corrected chi connectivity index (χ0v) is 7.81. The van der Waals surface area contributed by atoms with Crippen molar-refractivity contribution in [3.8, 4) is 0 Å². The van der Waals surface area contributed by atoms with Gasteiger partial charge < -0.3 is 0 Å². The van der Waals surface area contributed by atoms with E-state index in [4.69, 9.17) is 0 Å². The van der Waals surface area contributed by atoms with Crippen molar-refractivity contribution in [1.82, 2.24) is 0 Å². The van der Waals surface area contributed by atoms with Gasteiger partial charge in [0.1, 0.15) is 0 Å². The number of halogens is 2. The fourth-order valence-corrected chi connectivity index (χ4v) is 1.05. The Bertz CT molecular complexity index is 152. The van der Waals surface area contributed by atoms with Crippen LogP contribution in [0.4, 0.5) is 0 Å².